The number of hydrogen-bond acceptors (Lipinski definition) is 0. The fraction of sp³-hybridized carbons (Fsp3) is 0.250. The lowest BCUT2D eigenvalue weighted by molar-refractivity contribution is 0.622. The van der Waals surface area contributed by atoms with Gasteiger partial charge in [0.15, 0.2) is 0 Å². The summed E-state index contributed by atoms with van der Waals surface area (Å²) in [7, 11) is 0. The molecule has 1 aromatic rings. The summed E-state index contributed by atoms with van der Waals surface area (Å²) < 4.78 is 13.7. The van der Waals surface area contributed by atoms with E-state index in [9.17, 15) is 4.39 Å². The van der Waals surface area contributed by atoms with Gasteiger partial charge >= 0.3 is 0 Å². The Morgan fingerprint density at radius 1 is 1.47 bits per heavy atom. The van der Waals surface area contributed by atoms with Crippen molar-refractivity contribution in [3.63, 3.8) is 0 Å². The summed E-state index contributed by atoms with van der Waals surface area (Å²) in [6.45, 7) is 9.80. The number of terminal acetylenes is 1. The lowest BCUT2D eigenvalue weighted by Crippen LogP contribution is -2.32. The molecule has 0 spiro atoms. The topological polar surface area (TPSA) is 0 Å². The Hall–Kier alpha value is -1.81. The summed E-state index contributed by atoms with van der Waals surface area (Å²) in [5.74, 6) is 2.34. The molecule has 0 N–H and O–H groups in total. The van der Waals surface area contributed by atoms with Crippen molar-refractivity contribution >= 4 is 11.6 Å². The maximum Gasteiger partial charge on any atom is 0.139 e. The van der Waals surface area contributed by atoms with E-state index in [1.807, 2.05) is 26.8 Å². The molecule has 0 aliphatic carbocycles. The first-order valence-corrected chi connectivity index (χ1v) is 5.64. The second-order valence-corrected chi connectivity index (χ2v) is 4.13. The van der Waals surface area contributed by atoms with Gasteiger partial charge in [0.25, 0.3) is 0 Å². The molecule has 0 bridgehead atoms. The lowest BCUT2D eigenvalue weighted by Gasteiger charge is -2.09. The summed E-state index contributed by atoms with van der Waals surface area (Å²) in [6, 6.07) is 3.16. The smallest absolute Gasteiger partial charge is 0.139 e. The van der Waals surface area contributed by atoms with Crippen LogP contribution in [0.1, 0.15) is 26.3 Å². The van der Waals surface area contributed by atoms with Crippen molar-refractivity contribution in [1.29, 1.82) is 0 Å². The van der Waals surface area contributed by atoms with Gasteiger partial charge in [0.1, 0.15) is 5.82 Å². The minimum absolute atomic E-state index is 0.250. The van der Waals surface area contributed by atoms with Gasteiger partial charge in [-0.2, -0.15) is 0 Å². The Morgan fingerprint density at radius 2 is 2.12 bits per heavy atom. The average Bonchev–Trinajstić information content (AvgIpc) is 2.30. The zero-order chi connectivity index (χ0) is 13.0. The molecule has 1 rings (SSSR count). The maximum absolute atomic E-state index is 13.7. The molecule has 0 saturated heterocycles. The summed E-state index contributed by atoms with van der Waals surface area (Å²) in [6.07, 6.45) is 9.11. The average molecular weight is 228 g/mol. The zero-order valence-corrected chi connectivity index (χ0v) is 10.5. The highest BCUT2D eigenvalue weighted by atomic mass is 19.1. The molecule has 0 unspecified atom stereocenters. The van der Waals surface area contributed by atoms with Gasteiger partial charge in [-0.15, -0.1) is 6.42 Å². The fourth-order valence-electron chi connectivity index (χ4n) is 1.91. The molecule has 0 fully saturated rings. The number of benzene rings is 1. The minimum Gasteiger partial charge on any atom is -0.206 e. The molecule has 1 aromatic carbocycles. The number of allylic oxidation sites excluding steroid dienone is 1. The number of hydrogen-bond donors (Lipinski definition) is 0. The first kappa shape index (κ1) is 13.3. The third-order valence-electron chi connectivity index (χ3n) is 2.77. The molecule has 17 heavy (non-hydrogen) atoms. The molecule has 0 radical (unpaired) electrons. The van der Waals surface area contributed by atoms with E-state index in [4.69, 9.17) is 6.42 Å². The van der Waals surface area contributed by atoms with Crippen LogP contribution in [0.15, 0.2) is 24.8 Å². The zero-order valence-electron chi connectivity index (χ0n) is 10.5. The summed E-state index contributed by atoms with van der Waals surface area (Å²) in [4.78, 5) is 0. The quantitative estimate of drug-likeness (QED) is 0.683. The molecule has 0 heterocycles. The highest BCUT2D eigenvalue weighted by molar-refractivity contribution is 5.61. The van der Waals surface area contributed by atoms with E-state index in [1.54, 1.807) is 12.1 Å². The molecule has 0 aliphatic heterocycles. The Labute approximate surface area is 102 Å². The predicted octanol–water partition coefficient (Wildman–Crippen LogP) is 2.60. The van der Waals surface area contributed by atoms with Crippen LogP contribution >= 0.6 is 0 Å². The monoisotopic (exact) mass is 228 g/mol. The van der Waals surface area contributed by atoms with Crippen molar-refractivity contribution in [2.24, 2.45) is 5.92 Å². The van der Waals surface area contributed by atoms with E-state index >= 15 is 0 Å². The lowest BCUT2D eigenvalue weighted by atomic mass is 9.96. The Morgan fingerprint density at radius 3 is 2.53 bits per heavy atom. The molecule has 0 aliphatic rings. The van der Waals surface area contributed by atoms with Crippen LogP contribution in [-0.4, -0.2) is 0 Å². The minimum atomic E-state index is -0.354. The van der Waals surface area contributed by atoms with Crippen molar-refractivity contribution < 1.29 is 4.39 Å². The van der Waals surface area contributed by atoms with Crippen LogP contribution in [0.25, 0.3) is 11.6 Å². The van der Waals surface area contributed by atoms with Gasteiger partial charge in [-0.05, 0) is 29.7 Å². The van der Waals surface area contributed by atoms with Crippen LogP contribution in [0.5, 0.6) is 0 Å². The van der Waals surface area contributed by atoms with Gasteiger partial charge in [0, 0.05) is 5.22 Å². The third kappa shape index (κ3) is 2.47. The van der Waals surface area contributed by atoms with Gasteiger partial charge in [-0.25, -0.2) is 4.39 Å². The van der Waals surface area contributed by atoms with E-state index in [2.05, 4.69) is 12.5 Å². The highest BCUT2D eigenvalue weighted by Crippen LogP contribution is 2.10. The predicted molar refractivity (Wildman–Crippen MR) is 72.2 cm³/mol. The van der Waals surface area contributed by atoms with Crippen molar-refractivity contribution in [3.8, 4) is 12.3 Å². The largest absolute Gasteiger partial charge is 0.206 e. The van der Waals surface area contributed by atoms with Gasteiger partial charge in [-0.1, -0.05) is 44.6 Å². The molecule has 0 aromatic heterocycles. The van der Waals surface area contributed by atoms with Crippen LogP contribution < -0.4 is 10.4 Å². The molecular formula is C16H17F. The normalized spacial score (nSPS) is 13.5. The first-order chi connectivity index (χ1) is 8.06. The number of rotatable bonds is 2. The van der Waals surface area contributed by atoms with E-state index < -0.39 is 0 Å². The molecular weight excluding hydrogens is 211 g/mol. The second kappa shape index (κ2) is 5.50. The van der Waals surface area contributed by atoms with Crippen LogP contribution in [-0.2, 0) is 0 Å². The van der Waals surface area contributed by atoms with Crippen molar-refractivity contribution in [2.45, 2.75) is 20.8 Å². The maximum atomic E-state index is 13.7. The summed E-state index contributed by atoms with van der Waals surface area (Å²) in [5.41, 5.74) is 1.30. The Bertz CT molecular complexity index is 583. The van der Waals surface area contributed by atoms with Gasteiger partial charge < -0.3 is 0 Å². The van der Waals surface area contributed by atoms with Crippen LogP contribution in [0.3, 0.4) is 0 Å². The molecule has 1 heteroatoms. The second-order valence-electron chi connectivity index (χ2n) is 4.13. The van der Waals surface area contributed by atoms with E-state index in [1.165, 1.54) is 6.07 Å². The van der Waals surface area contributed by atoms with E-state index in [0.717, 1.165) is 16.0 Å². The molecule has 0 saturated carbocycles. The summed E-state index contributed by atoms with van der Waals surface area (Å²) >= 11 is 0. The van der Waals surface area contributed by atoms with Crippen LogP contribution in [0.4, 0.5) is 4.39 Å². The van der Waals surface area contributed by atoms with Crippen molar-refractivity contribution in [1.82, 2.24) is 0 Å². The summed E-state index contributed by atoms with van der Waals surface area (Å²) in [5, 5.41) is 1.74. The van der Waals surface area contributed by atoms with E-state index in [0.29, 0.717) is 5.56 Å². The number of halogens is 1. The molecule has 0 amide bonds. The molecule has 0 atom stereocenters. The van der Waals surface area contributed by atoms with Gasteiger partial charge in [-0.3, -0.25) is 0 Å². The molecule has 0 nitrogen and oxygen atoms in total. The SMILES string of the molecule is C#Cc1c(F)ccc(=C/C)/c1=C(\C=C)C(C)C. The van der Waals surface area contributed by atoms with E-state index in [-0.39, 0.29) is 11.7 Å². The van der Waals surface area contributed by atoms with Crippen molar-refractivity contribution in [2.75, 3.05) is 0 Å². The molecule has 88 valence electrons. The first-order valence-electron chi connectivity index (χ1n) is 5.64. The fourth-order valence-corrected chi connectivity index (χ4v) is 1.91. The highest BCUT2D eigenvalue weighted by Gasteiger charge is 2.08. The Kier molecular flexibility index (Phi) is 4.29. The Balaban J connectivity index is 4.04. The van der Waals surface area contributed by atoms with Crippen LogP contribution in [0, 0.1) is 24.1 Å². The standard InChI is InChI=1S/C16H17F/c1-6-12-9-10-15(17)14(8-3)16(12)13(7-2)11(4)5/h3,6-7,9-11H,2H2,1,4-5H3/b12-6-,16-13-. The third-order valence-corrected chi connectivity index (χ3v) is 2.77. The van der Waals surface area contributed by atoms with Crippen molar-refractivity contribution in [3.05, 3.63) is 46.6 Å². The van der Waals surface area contributed by atoms with Gasteiger partial charge in [0.2, 0.25) is 0 Å². The van der Waals surface area contributed by atoms with Gasteiger partial charge in [0.05, 0.1) is 5.56 Å². The van der Waals surface area contributed by atoms with Crippen LogP contribution in [0.2, 0.25) is 0 Å².